The van der Waals surface area contributed by atoms with E-state index in [2.05, 4.69) is 15.6 Å². The van der Waals surface area contributed by atoms with Crippen LogP contribution in [-0.4, -0.2) is 50.4 Å². The SMILES string of the molecule is O=C(NC(CO)CO)c1cn(CC2CCCC2)nn1. The summed E-state index contributed by atoms with van der Waals surface area (Å²) in [5.41, 5.74) is 0.213. The van der Waals surface area contributed by atoms with Crippen LogP contribution in [0.15, 0.2) is 6.20 Å². The maximum atomic E-state index is 11.8. The van der Waals surface area contributed by atoms with Crippen LogP contribution < -0.4 is 5.32 Å². The standard InChI is InChI=1S/C12H20N4O3/c17-7-10(8-18)13-12(19)11-6-16(15-14-11)5-9-3-1-2-4-9/h6,9-10,17-18H,1-5,7-8H2,(H,13,19). The van der Waals surface area contributed by atoms with E-state index in [4.69, 9.17) is 10.2 Å². The van der Waals surface area contributed by atoms with Gasteiger partial charge in [-0.1, -0.05) is 18.1 Å². The minimum Gasteiger partial charge on any atom is -0.394 e. The molecule has 19 heavy (non-hydrogen) atoms. The van der Waals surface area contributed by atoms with E-state index in [-0.39, 0.29) is 18.9 Å². The number of hydrogen-bond acceptors (Lipinski definition) is 5. The second-order valence-electron chi connectivity index (χ2n) is 5.01. The maximum Gasteiger partial charge on any atom is 0.273 e. The first kappa shape index (κ1) is 14.0. The highest BCUT2D eigenvalue weighted by atomic mass is 16.3. The van der Waals surface area contributed by atoms with Crippen LogP contribution in [0.3, 0.4) is 0 Å². The molecule has 0 aromatic carbocycles. The van der Waals surface area contributed by atoms with E-state index in [0.717, 1.165) is 6.54 Å². The normalized spacial score (nSPS) is 16.2. The van der Waals surface area contributed by atoms with E-state index in [9.17, 15) is 4.79 Å². The Morgan fingerprint density at radius 1 is 1.42 bits per heavy atom. The van der Waals surface area contributed by atoms with Gasteiger partial charge in [-0.25, -0.2) is 0 Å². The molecule has 0 spiro atoms. The summed E-state index contributed by atoms with van der Waals surface area (Å²) >= 11 is 0. The first-order valence-electron chi connectivity index (χ1n) is 6.65. The van der Waals surface area contributed by atoms with Gasteiger partial charge in [0.05, 0.1) is 25.5 Å². The van der Waals surface area contributed by atoms with Gasteiger partial charge in [-0.2, -0.15) is 0 Å². The van der Waals surface area contributed by atoms with Crippen molar-refractivity contribution in [3.63, 3.8) is 0 Å². The largest absolute Gasteiger partial charge is 0.394 e. The average molecular weight is 268 g/mol. The van der Waals surface area contributed by atoms with Gasteiger partial charge < -0.3 is 15.5 Å². The van der Waals surface area contributed by atoms with E-state index < -0.39 is 11.9 Å². The molecular weight excluding hydrogens is 248 g/mol. The van der Waals surface area contributed by atoms with Crippen molar-refractivity contribution in [1.82, 2.24) is 20.3 Å². The molecule has 0 radical (unpaired) electrons. The predicted molar refractivity (Wildman–Crippen MR) is 67.4 cm³/mol. The third kappa shape index (κ3) is 3.74. The quantitative estimate of drug-likeness (QED) is 0.649. The highest BCUT2D eigenvalue weighted by Crippen LogP contribution is 2.25. The molecule has 1 aromatic rings. The molecule has 0 unspecified atom stereocenters. The van der Waals surface area contributed by atoms with E-state index in [1.165, 1.54) is 25.7 Å². The second kappa shape index (κ2) is 6.63. The molecule has 1 heterocycles. The van der Waals surface area contributed by atoms with Crippen molar-refractivity contribution in [2.75, 3.05) is 13.2 Å². The molecule has 0 atom stereocenters. The molecule has 1 aromatic heterocycles. The molecule has 0 saturated heterocycles. The van der Waals surface area contributed by atoms with Gasteiger partial charge in [0.15, 0.2) is 5.69 Å². The molecule has 1 saturated carbocycles. The van der Waals surface area contributed by atoms with Crippen molar-refractivity contribution in [2.24, 2.45) is 5.92 Å². The van der Waals surface area contributed by atoms with Gasteiger partial charge in [0.25, 0.3) is 5.91 Å². The third-order valence-electron chi connectivity index (χ3n) is 3.47. The fraction of sp³-hybridized carbons (Fsp3) is 0.750. The average Bonchev–Trinajstić information content (AvgIpc) is 3.07. The number of hydrogen-bond donors (Lipinski definition) is 3. The topological polar surface area (TPSA) is 100 Å². The summed E-state index contributed by atoms with van der Waals surface area (Å²) in [4.78, 5) is 11.8. The van der Waals surface area contributed by atoms with Crippen LogP contribution in [-0.2, 0) is 6.54 Å². The fourth-order valence-electron chi connectivity index (χ4n) is 2.36. The minimum atomic E-state index is -0.660. The van der Waals surface area contributed by atoms with E-state index >= 15 is 0 Å². The van der Waals surface area contributed by atoms with Crippen LogP contribution in [0, 0.1) is 5.92 Å². The van der Waals surface area contributed by atoms with Crippen LogP contribution in [0.25, 0.3) is 0 Å². The van der Waals surface area contributed by atoms with E-state index in [0.29, 0.717) is 5.92 Å². The van der Waals surface area contributed by atoms with E-state index in [1.807, 2.05) is 0 Å². The first-order valence-corrected chi connectivity index (χ1v) is 6.65. The molecule has 1 amide bonds. The Bertz CT molecular complexity index is 411. The Labute approximate surface area is 111 Å². The van der Waals surface area contributed by atoms with Crippen molar-refractivity contribution >= 4 is 5.91 Å². The number of amides is 1. The van der Waals surface area contributed by atoms with Gasteiger partial charge in [-0.15, -0.1) is 5.10 Å². The molecular formula is C12H20N4O3. The summed E-state index contributed by atoms with van der Waals surface area (Å²) in [5.74, 6) is 0.200. The number of nitrogens with one attached hydrogen (secondary N) is 1. The van der Waals surface area contributed by atoms with Crippen molar-refractivity contribution < 1.29 is 15.0 Å². The zero-order valence-electron chi connectivity index (χ0n) is 10.8. The van der Waals surface area contributed by atoms with E-state index in [1.54, 1.807) is 10.9 Å². The van der Waals surface area contributed by atoms with Gasteiger partial charge in [-0.05, 0) is 18.8 Å². The lowest BCUT2D eigenvalue weighted by Crippen LogP contribution is -2.40. The zero-order chi connectivity index (χ0) is 13.7. The molecule has 2 rings (SSSR count). The number of aliphatic hydroxyl groups is 2. The Kier molecular flexibility index (Phi) is 4.86. The third-order valence-corrected chi connectivity index (χ3v) is 3.47. The minimum absolute atomic E-state index is 0.213. The van der Waals surface area contributed by atoms with Gasteiger partial charge in [0.2, 0.25) is 0 Å². The molecule has 0 aliphatic heterocycles. The van der Waals surface area contributed by atoms with Crippen molar-refractivity contribution in [3.8, 4) is 0 Å². The van der Waals surface area contributed by atoms with Crippen LogP contribution in [0.4, 0.5) is 0 Å². The molecule has 106 valence electrons. The molecule has 1 aliphatic rings. The van der Waals surface area contributed by atoms with Crippen molar-refractivity contribution in [1.29, 1.82) is 0 Å². The van der Waals surface area contributed by atoms with Gasteiger partial charge in [0.1, 0.15) is 0 Å². The number of nitrogens with zero attached hydrogens (tertiary/aromatic N) is 3. The summed E-state index contributed by atoms with van der Waals surface area (Å²) in [7, 11) is 0. The molecule has 0 bridgehead atoms. The van der Waals surface area contributed by atoms with Crippen LogP contribution in [0.5, 0.6) is 0 Å². The van der Waals surface area contributed by atoms with Crippen LogP contribution >= 0.6 is 0 Å². The Morgan fingerprint density at radius 3 is 2.74 bits per heavy atom. The summed E-state index contributed by atoms with van der Waals surface area (Å²) in [6.07, 6.45) is 6.55. The van der Waals surface area contributed by atoms with Gasteiger partial charge >= 0.3 is 0 Å². The summed E-state index contributed by atoms with van der Waals surface area (Å²) in [6.45, 7) is 0.181. The summed E-state index contributed by atoms with van der Waals surface area (Å²) in [6, 6.07) is -0.660. The Morgan fingerprint density at radius 2 is 2.11 bits per heavy atom. The highest BCUT2D eigenvalue weighted by Gasteiger charge is 2.18. The monoisotopic (exact) mass is 268 g/mol. The first-order chi connectivity index (χ1) is 9.22. The van der Waals surface area contributed by atoms with Crippen LogP contribution in [0.2, 0.25) is 0 Å². The Balaban J connectivity index is 1.90. The summed E-state index contributed by atoms with van der Waals surface area (Å²) < 4.78 is 1.69. The van der Waals surface area contributed by atoms with Crippen molar-refractivity contribution in [3.05, 3.63) is 11.9 Å². The summed E-state index contributed by atoms with van der Waals surface area (Å²) in [5, 5.41) is 28.0. The lowest BCUT2D eigenvalue weighted by molar-refractivity contribution is 0.0874. The molecule has 7 heteroatoms. The number of aromatic nitrogens is 3. The van der Waals surface area contributed by atoms with Gasteiger partial charge in [-0.3, -0.25) is 9.48 Å². The number of aliphatic hydroxyl groups excluding tert-OH is 2. The van der Waals surface area contributed by atoms with Crippen LogP contribution in [0.1, 0.15) is 36.2 Å². The number of carbonyl (C=O) groups is 1. The molecule has 7 nitrogen and oxygen atoms in total. The van der Waals surface area contributed by atoms with Crippen molar-refractivity contribution in [2.45, 2.75) is 38.3 Å². The van der Waals surface area contributed by atoms with Gasteiger partial charge in [0, 0.05) is 6.54 Å². The molecule has 1 fully saturated rings. The lowest BCUT2D eigenvalue weighted by Gasteiger charge is -2.11. The fourth-order valence-corrected chi connectivity index (χ4v) is 2.36. The smallest absolute Gasteiger partial charge is 0.273 e. The lowest BCUT2D eigenvalue weighted by atomic mass is 10.1. The Hall–Kier alpha value is -1.47. The molecule has 3 N–H and O–H groups in total. The number of rotatable bonds is 6. The maximum absolute atomic E-state index is 11.8. The molecule has 1 aliphatic carbocycles. The number of carbonyl (C=O) groups excluding carboxylic acids is 1. The predicted octanol–water partition coefficient (Wildman–Crippen LogP) is -0.449. The second-order valence-corrected chi connectivity index (χ2v) is 5.01. The zero-order valence-corrected chi connectivity index (χ0v) is 10.8. The highest BCUT2D eigenvalue weighted by molar-refractivity contribution is 5.92.